The Morgan fingerprint density at radius 3 is 2.62 bits per heavy atom. The third-order valence-electron chi connectivity index (χ3n) is 6.24. The maximum atomic E-state index is 12.2. The number of ether oxygens (including phenoxy) is 1. The molecule has 3 aromatic rings. The van der Waals surface area contributed by atoms with Crippen LogP contribution in [0, 0.1) is 5.92 Å². The number of amides is 1. The zero-order valence-corrected chi connectivity index (χ0v) is 19.5. The Labute approximate surface area is 199 Å². The van der Waals surface area contributed by atoms with Gasteiger partial charge in [-0.05, 0) is 48.9 Å². The lowest BCUT2D eigenvalue weighted by atomic mass is 10.1. The molecule has 1 saturated heterocycles. The summed E-state index contributed by atoms with van der Waals surface area (Å²) in [6.07, 6.45) is 9.46. The Hall–Kier alpha value is -3.49. The first kappa shape index (κ1) is 22.3. The van der Waals surface area contributed by atoms with E-state index in [0.29, 0.717) is 12.4 Å². The number of nitrogens with two attached hydrogens (primary N) is 1. The van der Waals surface area contributed by atoms with Crippen LogP contribution in [-0.4, -0.2) is 48.3 Å². The van der Waals surface area contributed by atoms with E-state index in [2.05, 4.69) is 55.8 Å². The number of carbonyl (C=O) groups is 1. The standard InChI is InChI=1S/C26H30N6O2/c1-16-14-32(15-23(27)34-16)20-9-4-17(5-10-20)3-6-19-12-30-25(28-2)22-13-29-24(11-21(19)22)31-26(33)18-7-8-18/h3-6,9-13,16,18,23H,7-8,14-15,27H2,1-2H3,(H,28,30)(H,29,31,33)/b6-3+/t16-,23-/m1/s1. The van der Waals surface area contributed by atoms with Crippen molar-refractivity contribution in [2.75, 3.05) is 35.7 Å². The van der Waals surface area contributed by atoms with Gasteiger partial charge in [0, 0.05) is 48.5 Å². The minimum atomic E-state index is -0.266. The van der Waals surface area contributed by atoms with Gasteiger partial charge in [-0.3, -0.25) is 4.79 Å². The highest BCUT2D eigenvalue weighted by molar-refractivity contribution is 6.01. The van der Waals surface area contributed by atoms with Gasteiger partial charge in [-0.15, -0.1) is 0 Å². The number of nitrogens with one attached hydrogen (secondary N) is 2. The molecular weight excluding hydrogens is 428 g/mol. The number of nitrogens with zero attached hydrogens (tertiary/aromatic N) is 3. The van der Waals surface area contributed by atoms with Crippen molar-refractivity contribution in [2.45, 2.75) is 32.1 Å². The zero-order valence-electron chi connectivity index (χ0n) is 19.5. The van der Waals surface area contributed by atoms with Gasteiger partial charge in [0.05, 0.1) is 12.6 Å². The average molecular weight is 459 g/mol. The van der Waals surface area contributed by atoms with Gasteiger partial charge < -0.3 is 26.0 Å². The molecule has 2 atom stereocenters. The fourth-order valence-corrected chi connectivity index (χ4v) is 4.31. The Balaban J connectivity index is 1.38. The van der Waals surface area contributed by atoms with Crippen LogP contribution in [0.15, 0.2) is 42.7 Å². The number of aromatic nitrogens is 2. The van der Waals surface area contributed by atoms with Gasteiger partial charge in [0.1, 0.15) is 17.9 Å². The van der Waals surface area contributed by atoms with Crippen LogP contribution in [0.4, 0.5) is 17.3 Å². The monoisotopic (exact) mass is 458 g/mol. The summed E-state index contributed by atoms with van der Waals surface area (Å²) >= 11 is 0. The number of pyridine rings is 2. The maximum absolute atomic E-state index is 12.2. The summed E-state index contributed by atoms with van der Waals surface area (Å²) in [5.41, 5.74) is 9.17. The third-order valence-corrected chi connectivity index (χ3v) is 6.24. The molecule has 1 aliphatic heterocycles. The number of rotatable bonds is 6. The summed E-state index contributed by atoms with van der Waals surface area (Å²) in [6.45, 7) is 3.55. The highest BCUT2D eigenvalue weighted by Crippen LogP contribution is 2.31. The van der Waals surface area contributed by atoms with Crippen LogP contribution in [0.25, 0.3) is 22.9 Å². The van der Waals surface area contributed by atoms with Crippen molar-refractivity contribution < 1.29 is 9.53 Å². The van der Waals surface area contributed by atoms with Crippen molar-refractivity contribution in [3.8, 4) is 0 Å². The third kappa shape index (κ3) is 4.88. The summed E-state index contributed by atoms with van der Waals surface area (Å²) < 4.78 is 5.63. The number of anilines is 3. The molecule has 0 radical (unpaired) electrons. The van der Waals surface area contributed by atoms with Crippen molar-refractivity contribution in [3.05, 3.63) is 53.9 Å². The molecule has 8 nitrogen and oxygen atoms in total. The number of hydrogen-bond acceptors (Lipinski definition) is 7. The van der Waals surface area contributed by atoms with E-state index < -0.39 is 0 Å². The number of hydrogen-bond donors (Lipinski definition) is 3. The largest absolute Gasteiger partial charge is 0.373 e. The van der Waals surface area contributed by atoms with Crippen molar-refractivity contribution in [2.24, 2.45) is 11.7 Å². The zero-order chi connectivity index (χ0) is 23.7. The van der Waals surface area contributed by atoms with E-state index in [4.69, 9.17) is 10.5 Å². The van der Waals surface area contributed by atoms with Crippen LogP contribution >= 0.6 is 0 Å². The molecule has 176 valence electrons. The van der Waals surface area contributed by atoms with E-state index in [0.717, 1.165) is 52.8 Å². The van der Waals surface area contributed by atoms with Crippen molar-refractivity contribution >= 4 is 46.2 Å². The molecule has 1 amide bonds. The molecule has 34 heavy (non-hydrogen) atoms. The molecule has 0 unspecified atom stereocenters. The Bertz CT molecular complexity index is 1210. The number of benzene rings is 1. The first-order chi connectivity index (χ1) is 16.5. The van der Waals surface area contributed by atoms with Gasteiger partial charge in [0.2, 0.25) is 5.91 Å². The molecule has 1 aliphatic carbocycles. The average Bonchev–Trinajstić information content (AvgIpc) is 3.68. The quantitative estimate of drug-likeness (QED) is 0.517. The van der Waals surface area contributed by atoms with E-state index in [1.54, 1.807) is 6.20 Å². The molecule has 1 saturated carbocycles. The smallest absolute Gasteiger partial charge is 0.228 e. The lowest BCUT2D eigenvalue weighted by molar-refractivity contribution is -0.117. The van der Waals surface area contributed by atoms with Crippen molar-refractivity contribution in [1.82, 2.24) is 9.97 Å². The van der Waals surface area contributed by atoms with E-state index in [1.807, 2.05) is 32.3 Å². The number of morpholine rings is 1. The molecule has 0 spiro atoms. The molecule has 2 aromatic heterocycles. The molecule has 0 bridgehead atoms. The molecule has 4 N–H and O–H groups in total. The molecule has 2 fully saturated rings. The Morgan fingerprint density at radius 2 is 1.91 bits per heavy atom. The van der Waals surface area contributed by atoms with Crippen molar-refractivity contribution in [3.63, 3.8) is 0 Å². The van der Waals surface area contributed by atoms with Crippen LogP contribution in [0.3, 0.4) is 0 Å². The predicted molar refractivity (Wildman–Crippen MR) is 137 cm³/mol. The maximum Gasteiger partial charge on any atom is 0.228 e. The molecule has 5 rings (SSSR count). The van der Waals surface area contributed by atoms with E-state index in [1.165, 1.54) is 0 Å². The van der Waals surface area contributed by atoms with Gasteiger partial charge in [0.25, 0.3) is 0 Å². The second-order valence-corrected chi connectivity index (χ2v) is 9.01. The predicted octanol–water partition coefficient (Wildman–Crippen LogP) is 3.70. The normalized spacial score (nSPS) is 20.6. The van der Waals surface area contributed by atoms with Crippen LogP contribution in [0.2, 0.25) is 0 Å². The topological polar surface area (TPSA) is 105 Å². The van der Waals surface area contributed by atoms with Gasteiger partial charge in [-0.1, -0.05) is 24.3 Å². The van der Waals surface area contributed by atoms with Crippen molar-refractivity contribution in [1.29, 1.82) is 0 Å². The molecule has 2 aliphatic rings. The van der Waals surface area contributed by atoms with Gasteiger partial charge in [-0.25, -0.2) is 9.97 Å². The SMILES string of the molecule is CNc1ncc(/C=C/c2ccc(N3C[C@@H](C)O[C@@H](N)C3)cc2)c2cc(NC(=O)C3CC3)ncc12. The van der Waals surface area contributed by atoms with E-state index in [-0.39, 0.29) is 24.2 Å². The van der Waals surface area contributed by atoms with E-state index >= 15 is 0 Å². The number of carbonyl (C=O) groups excluding carboxylic acids is 1. The molecule has 3 heterocycles. The highest BCUT2D eigenvalue weighted by atomic mass is 16.5. The summed E-state index contributed by atoms with van der Waals surface area (Å²) in [6, 6.07) is 10.3. The van der Waals surface area contributed by atoms with Crippen LogP contribution in [0.5, 0.6) is 0 Å². The first-order valence-electron chi connectivity index (χ1n) is 11.7. The molecule has 8 heteroatoms. The minimum Gasteiger partial charge on any atom is -0.373 e. The Kier molecular flexibility index (Phi) is 6.17. The molecule has 1 aromatic carbocycles. The Morgan fingerprint density at radius 1 is 1.12 bits per heavy atom. The fraction of sp³-hybridized carbons (Fsp3) is 0.346. The summed E-state index contributed by atoms with van der Waals surface area (Å²) in [5.74, 6) is 1.49. The van der Waals surface area contributed by atoms with Gasteiger partial charge in [0.15, 0.2) is 0 Å². The van der Waals surface area contributed by atoms with E-state index in [9.17, 15) is 4.79 Å². The highest BCUT2D eigenvalue weighted by Gasteiger charge is 2.29. The number of fused-ring (bicyclic) bond motifs is 1. The second kappa shape index (κ2) is 9.40. The lowest BCUT2D eigenvalue weighted by Gasteiger charge is -2.36. The van der Waals surface area contributed by atoms with Gasteiger partial charge >= 0.3 is 0 Å². The summed E-state index contributed by atoms with van der Waals surface area (Å²) in [5, 5.41) is 7.94. The molecular formula is C26H30N6O2. The summed E-state index contributed by atoms with van der Waals surface area (Å²) in [7, 11) is 1.84. The first-order valence-corrected chi connectivity index (χ1v) is 11.7. The van der Waals surface area contributed by atoms with Crippen LogP contribution in [-0.2, 0) is 9.53 Å². The minimum absolute atomic E-state index is 0.0440. The lowest BCUT2D eigenvalue weighted by Crippen LogP contribution is -2.50. The summed E-state index contributed by atoms with van der Waals surface area (Å²) in [4.78, 5) is 23.4. The van der Waals surface area contributed by atoms with Crippen LogP contribution in [0.1, 0.15) is 30.9 Å². The second-order valence-electron chi connectivity index (χ2n) is 9.01. The van der Waals surface area contributed by atoms with Gasteiger partial charge in [-0.2, -0.15) is 0 Å². The fourth-order valence-electron chi connectivity index (χ4n) is 4.31. The van der Waals surface area contributed by atoms with Crippen LogP contribution < -0.4 is 21.3 Å².